The number of terminal acetylenes is 1. The molecule has 53 heavy (non-hydrogen) atoms. The van der Waals surface area contributed by atoms with Crippen LogP contribution in [-0.2, 0) is 0 Å². The molecule has 9 aromatic rings. The van der Waals surface area contributed by atoms with E-state index in [0.717, 1.165) is 65.8 Å². The van der Waals surface area contributed by atoms with Gasteiger partial charge in [-0.15, -0.1) is 29.1 Å². The number of nitrogens with zero attached hydrogens (tertiary/aromatic N) is 4. The van der Waals surface area contributed by atoms with Gasteiger partial charge in [-0.25, -0.2) is 19.9 Å². The molecule has 0 aliphatic carbocycles. The molecule has 250 valence electrons. The third-order valence-electron chi connectivity index (χ3n) is 9.32. The summed E-state index contributed by atoms with van der Waals surface area (Å²) in [6.07, 6.45) is 11.2. The molecule has 0 fully saturated rings. The van der Waals surface area contributed by atoms with Crippen molar-refractivity contribution in [2.45, 2.75) is 6.92 Å². The third-order valence-corrected chi connectivity index (χ3v) is 11.6. The highest BCUT2D eigenvalue weighted by Crippen LogP contribution is 2.45. The lowest BCUT2D eigenvalue weighted by Gasteiger charge is -2.11. The van der Waals surface area contributed by atoms with Gasteiger partial charge < -0.3 is 0 Å². The van der Waals surface area contributed by atoms with Crippen LogP contribution in [0.3, 0.4) is 0 Å². The van der Waals surface area contributed by atoms with E-state index < -0.39 is 0 Å². The van der Waals surface area contributed by atoms with Gasteiger partial charge in [-0.1, -0.05) is 133 Å². The lowest BCUT2D eigenvalue weighted by atomic mass is 10.0. The van der Waals surface area contributed by atoms with Crippen LogP contribution >= 0.6 is 22.7 Å². The highest BCUT2D eigenvalue weighted by molar-refractivity contribution is 7.27. The van der Waals surface area contributed by atoms with E-state index in [4.69, 9.17) is 26.4 Å². The number of fused-ring (bicyclic) bond motifs is 4. The summed E-state index contributed by atoms with van der Waals surface area (Å²) in [4.78, 5) is 20.4. The molecule has 0 unspecified atom stereocenters. The van der Waals surface area contributed by atoms with Crippen LogP contribution in [0.2, 0.25) is 0 Å². The van der Waals surface area contributed by atoms with Crippen LogP contribution in [0, 0.1) is 12.3 Å². The molecule has 3 aromatic heterocycles. The Kier molecular flexibility index (Phi) is 8.49. The minimum atomic E-state index is 0.608. The Morgan fingerprint density at radius 1 is 0.566 bits per heavy atom. The Labute approximate surface area is 315 Å². The summed E-state index contributed by atoms with van der Waals surface area (Å²) < 4.78 is 3.56. The molecule has 6 aromatic carbocycles. The normalized spacial score (nSPS) is 11.9. The van der Waals surface area contributed by atoms with Crippen molar-refractivity contribution >= 4 is 58.6 Å². The molecule has 0 spiro atoms. The van der Waals surface area contributed by atoms with Gasteiger partial charge in [0.25, 0.3) is 0 Å². The van der Waals surface area contributed by atoms with E-state index in [0.29, 0.717) is 17.5 Å². The number of benzene rings is 6. The second kappa shape index (κ2) is 13.9. The van der Waals surface area contributed by atoms with E-state index in [1.54, 1.807) is 28.7 Å². The predicted octanol–water partition coefficient (Wildman–Crippen LogP) is 12.8. The summed E-state index contributed by atoms with van der Waals surface area (Å²) in [7, 11) is 0. The Bertz CT molecular complexity index is 2860. The van der Waals surface area contributed by atoms with Crippen LogP contribution in [0.4, 0.5) is 0 Å². The van der Waals surface area contributed by atoms with Crippen molar-refractivity contribution < 1.29 is 0 Å². The van der Waals surface area contributed by atoms with Crippen molar-refractivity contribution in [3.05, 3.63) is 163 Å². The van der Waals surface area contributed by atoms with Crippen LogP contribution in [0.1, 0.15) is 12.5 Å². The van der Waals surface area contributed by atoms with E-state index in [1.165, 1.54) is 14.1 Å². The number of hydrogen-bond acceptors (Lipinski definition) is 6. The van der Waals surface area contributed by atoms with E-state index in [-0.39, 0.29) is 0 Å². The molecule has 0 N–H and O–H groups in total. The van der Waals surface area contributed by atoms with Gasteiger partial charge in [0, 0.05) is 42.4 Å². The molecule has 6 heteroatoms. The monoisotopic (exact) mass is 714 g/mol. The highest BCUT2D eigenvalue weighted by Gasteiger charge is 2.19. The first-order chi connectivity index (χ1) is 26.2. The largest absolute Gasteiger partial charge is 0.236 e. The number of thiophene rings is 1. The number of rotatable bonds is 7. The van der Waals surface area contributed by atoms with Gasteiger partial charge in [-0.05, 0) is 59.5 Å². The maximum atomic E-state index is 5.49. The number of aromatic nitrogens is 4. The van der Waals surface area contributed by atoms with Crippen molar-refractivity contribution in [3.8, 4) is 68.2 Å². The fraction of sp³-hybridized carbons (Fsp3) is 0.0213. The van der Waals surface area contributed by atoms with Crippen molar-refractivity contribution in [2.24, 2.45) is 0 Å². The summed E-state index contributed by atoms with van der Waals surface area (Å²) >= 11 is 3.52. The Morgan fingerprint density at radius 3 is 1.92 bits per heavy atom. The lowest BCUT2D eigenvalue weighted by molar-refractivity contribution is 1.08. The summed E-state index contributed by atoms with van der Waals surface area (Å²) in [5, 5.41) is 3.32. The van der Waals surface area contributed by atoms with Crippen molar-refractivity contribution in [1.82, 2.24) is 19.9 Å². The Hall–Kier alpha value is -6.52. The molecule has 0 radical (unpaired) electrons. The zero-order valence-electron chi connectivity index (χ0n) is 28.7. The molecular formula is C47H30N4S2. The molecule has 3 heterocycles. The molecular weight excluding hydrogens is 685 g/mol. The summed E-state index contributed by atoms with van der Waals surface area (Å²) in [6.45, 7) is 2.01. The Morgan fingerprint density at radius 2 is 1.19 bits per heavy atom. The molecule has 0 saturated heterocycles. The summed E-state index contributed by atoms with van der Waals surface area (Å²) in [5.74, 6) is 4.44. The summed E-state index contributed by atoms with van der Waals surface area (Å²) in [6, 6.07) is 48.3. The van der Waals surface area contributed by atoms with Gasteiger partial charge in [0.15, 0.2) is 17.5 Å². The predicted molar refractivity (Wildman–Crippen MR) is 225 cm³/mol. The van der Waals surface area contributed by atoms with Gasteiger partial charge in [-0.3, -0.25) is 0 Å². The van der Waals surface area contributed by atoms with Gasteiger partial charge >= 0.3 is 0 Å². The van der Waals surface area contributed by atoms with Gasteiger partial charge in [0.2, 0.25) is 0 Å². The molecule has 0 bridgehead atoms. The zero-order chi connectivity index (χ0) is 35.7. The first-order valence-corrected chi connectivity index (χ1v) is 18.9. The van der Waals surface area contributed by atoms with Crippen LogP contribution < -0.4 is 0 Å². The van der Waals surface area contributed by atoms with Crippen LogP contribution in [0.5, 0.6) is 0 Å². The van der Waals surface area contributed by atoms with Crippen LogP contribution in [-0.4, -0.2) is 19.9 Å². The minimum Gasteiger partial charge on any atom is -0.236 e. The van der Waals surface area contributed by atoms with E-state index in [1.807, 2.05) is 25.1 Å². The lowest BCUT2D eigenvalue weighted by Crippen LogP contribution is -2.00. The first-order valence-electron chi connectivity index (χ1n) is 17.3. The summed E-state index contributed by atoms with van der Waals surface area (Å²) in [5.41, 5.74) is 9.35. The first kappa shape index (κ1) is 32.4. The average Bonchev–Trinajstić information content (AvgIpc) is 3.84. The topological polar surface area (TPSA) is 51.6 Å². The second-order valence-electron chi connectivity index (χ2n) is 12.5. The van der Waals surface area contributed by atoms with Crippen molar-refractivity contribution in [3.63, 3.8) is 0 Å². The molecule has 0 amide bonds. The molecule has 0 saturated carbocycles. The van der Waals surface area contributed by atoms with Crippen molar-refractivity contribution in [1.29, 1.82) is 0 Å². The molecule has 0 aliphatic rings. The standard InChI is InChI=1S/C47H30N4S2/c1-3-5-13-30(4-2)32-22-26-34(27-23-32)44-49-45(35-28-24-33(25-29-35)31-14-7-6-8-15-31)51-46(50-44)37-17-12-21-41-42(37)36-16-11-18-38(43(36)52-41)47-48-39-19-9-10-20-40(39)53-47/h1,4-29H,2H3/b13-5-,30-4+. The number of hydrogen-bond donors (Lipinski definition) is 0. The fourth-order valence-corrected chi connectivity index (χ4v) is 9.00. The zero-order valence-corrected chi connectivity index (χ0v) is 30.3. The number of para-hydroxylation sites is 1. The van der Waals surface area contributed by atoms with E-state index in [2.05, 4.69) is 139 Å². The quantitative estimate of drug-likeness (QED) is 0.122. The molecule has 0 atom stereocenters. The third kappa shape index (κ3) is 6.13. The van der Waals surface area contributed by atoms with Gasteiger partial charge in [0.1, 0.15) is 5.01 Å². The minimum absolute atomic E-state index is 0.608. The smallest absolute Gasteiger partial charge is 0.164 e. The average molecular weight is 715 g/mol. The van der Waals surface area contributed by atoms with Gasteiger partial charge in [-0.2, -0.15) is 0 Å². The molecule has 4 nitrogen and oxygen atoms in total. The van der Waals surface area contributed by atoms with E-state index >= 15 is 0 Å². The fourth-order valence-electron chi connectivity index (χ4n) is 6.70. The van der Waals surface area contributed by atoms with Gasteiger partial charge in [0.05, 0.1) is 10.2 Å². The van der Waals surface area contributed by atoms with E-state index in [9.17, 15) is 0 Å². The second-order valence-corrected chi connectivity index (χ2v) is 14.6. The number of allylic oxidation sites excluding steroid dienone is 4. The molecule has 9 rings (SSSR count). The van der Waals surface area contributed by atoms with Crippen LogP contribution in [0.15, 0.2) is 158 Å². The maximum absolute atomic E-state index is 5.49. The van der Waals surface area contributed by atoms with Crippen LogP contribution in [0.25, 0.3) is 91.8 Å². The molecule has 0 aliphatic heterocycles. The SMILES string of the molecule is C#C/C=C\C(=C/C)c1ccc(-c2nc(-c3ccc(-c4ccccc4)cc3)nc(-c3cccc4sc5c(-c6nc7ccccc7s6)cccc5c34)n2)cc1. The maximum Gasteiger partial charge on any atom is 0.164 e. The highest BCUT2D eigenvalue weighted by atomic mass is 32.1. The Balaban J connectivity index is 1.20. The number of thiazole rings is 1. The van der Waals surface area contributed by atoms with Crippen molar-refractivity contribution in [2.75, 3.05) is 0 Å².